The third-order valence-electron chi connectivity index (χ3n) is 4.34. The lowest BCUT2D eigenvalue weighted by molar-refractivity contribution is 0.614. The number of imidazole rings is 1. The first-order valence-corrected chi connectivity index (χ1v) is 8.89. The summed E-state index contributed by atoms with van der Waals surface area (Å²) in [5.41, 5.74) is 2.99. The molecule has 3 aromatic heterocycles. The van der Waals surface area contributed by atoms with Gasteiger partial charge >= 0.3 is 0 Å². The van der Waals surface area contributed by atoms with E-state index in [9.17, 15) is 4.39 Å². The van der Waals surface area contributed by atoms with Crippen molar-refractivity contribution in [2.24, 2.45) is 0 Å². The Bertz CT molecular complexity index is 1110. The van der Waals surface area contributed by atoms with Crippen LogP contribution in [-0.4, -0.2) is 24.5 Å². The van der Waals surface area contributed by atoms with Gasteiger partial charge in [0.15, 0.2) is 5.82 Å². The SMILES string of the molecule is Cc1cc(NCc2ccc(-n3ccnc3C)c(F)c2)nc(-c2cccnc2)n1. The van der Waals surface area contributed by atoms with Gasteiger partial charge in [-0.3, -0.25) is 4.98 Å². The van der Waals surface area contributed by atoms with Crippen LogP contribution in [0.25, 0.3) is 17.1 Å². The molecule has 0 saturated carbocycles. The molecule has 0 radical (unpaired) electrons. The fourth-order valence-electron chi connectivity index (χ4n) is 2.96. The smallest absolute Gasteiger partial charge is 0.163 e. The Morgan fingerprint density at radius 3 is 2.68 bits per heavy atom. The molecule has 0 aliphatic heterocycles. The van der Waals surface area contributed by atoms with Crippen molar-refractivity contribution >= 4 is 5.82 Å². The summed E-state index contributed by atoms with van der Waals surface area (Å²) in [7, 11) is 0. The third kappa shape index (κ3) is 3.73. The number of pyridine rings is 1. The Labute approximate surface area is 162 Å². The Hall–Kier alpha value is -3.61. The van der Waals surface area contributed by atoms with E-state index in [0.717, 1.165) is 22.6 Å². The Balaban J connectivity index is 1.53. The van der Waals surface area contributed by atoms with Crippen LogP contribution in [0.5, 0.6) is 0 Å². The lowest BCUT2D eigenvalue weighted by Gasteiger charge is -2.11. The highest BCUT2D eigenvalue weighted by Crippen LogP contribution is 2.19. The number of aryl methyl sites for hydroxylation is 2. The number of rotatable bonds is 5. The average molecular weight is 374 g/mol. The maximum atomic E-state index is 14.6. The second kappa shape index (κ2) is 7.56. The summed E-state index contributed by atoms with van der Waals surface area (Å²) in [6.07, 6.45) is 6.84. The van der Waals surface area contributed by atoms with Crippen molar-refractivity contribution in [3.63, 3.8) is 0 Å². The second-order valence-electron chi connectivity index (χ2n) is 6.44. The molecular weight excluding hydrogens is 355 g/mol. The molecule has 0 spiro atoms. The fraction of sp³-hybridized carbons (Fsp3) is 0.143. The predicted molar refractivity (Wildman–Crippen MR) is 106 cm³/mol. The molecule has 3 heterocycles. The van der Waals surface area contributed by atoms with Gasteiger partial charge in [-0.25, -0.2) is 19.3 Å². The maximum Gasteiger partial charge on any atom is 0.163 e. The molecule has 4 rings (SSSR count). The van der Waals surface area contributed by atoms with Crippen LogP contribution in [0.2, 0.25) is 0 Å². The summed E-state index contributed by atoms with van der Waals surface area (Å²) in [6.45, 7) is 4.20. The first-order chi connectivity index (χ1) is 13.6. The van der Waals surface area contributed by atoms with Crippen molar-refractivity contribution in [1.29, 1.82) is 0 Å². The molecule has 0 unspecified atom stereocenters. The lowest BCUT2D eigenvalue weighted by Crippen LogP contribution is -2.05. The average Bonchev–Trinajstić information content (AvgIpc) is 3.12. The van der Waals surface area contributed by atoms with Crippen LogP contribution < -0.4 is 5.32 Å². The van der Waals surface area contributed by atoms with E-state index in [1.165, 1.54) is 6.07 Å². The largest absolute Gasteiger partial charge is 0.366 e. The number of nitrogens with zero attached hydrogens (tertiary/aromatic N) is 5. The Morgan fingerprint density at radius 1 is 1.07 bits per heavy atom. The number of nitrogens with one attached hydrogen (secondary N) is 1. The van der Waals surface area contributed by atoms with Crippen molar-refractivity contribution in [3.8, 4) is 17.1 Å². The van der Waals surface area contributed by atoms with Gasteiger partial charge in [0, 0.05) is 48.7 Å². The van der Waals surface area contributed by atoms with Crippen LogP contribution in [0.1, 0.15) is 17.1 Å². The van der Waals surface area contributed by atoms with Gasteiger partial charge in [0.05, 0.1) is 5.69 Å². The highest BCUT2D eigenvalue weighted by Gasteiger charge is 2.09. The van der Waals surface area contributed by atoms with Gasteiger partial charge in [-0.2, -0.15) is 0 Å². The topological polar surface area (TPSA) is 68.5 Å². The van der Waals surface area contributed by atoms with E-state index in [4.69, 9.17) is 0 Å². The van der Waals surface area contributed by atoms with Crippen LogP contribution in [0.3, 0.4) is 0 Å². The van der Waals surface area contributed by atoms with Gasteiger partial charge in [-0.1, -0.05) is 6.07 Å². The summed E-state index contributed by atoms with van der Waals surface area (Å²) in [4.78, 5) is 17.3. The minimum Gasteiger partial charge on any atom is -0.366 e. The monoisotopic (exact) mass is 374 g/mol. The number of benzene rings is 1. The van der Waals surface area contributed by atoms with Crippen LogP contribution in [0.15, 0.2) is 61.2 Å². The zero-order valence-electron chi connectivity index (χ0n) is 15.6. The van der Waals surface area contributed by atoms with E-state index in [-0.39, 0.29) is 5.82 Å². The molecule has 28 heavy (non-hydrogen) atoms. The first-order valence-electron chi connectivity index (χ1n) is 8.89. The molecule has 1 aromatic carbocycles. The highest BCUT2D eigenvalue weighted by molar-refractivity contribution is 5.56. The van der Waals surface area contributed by atoms with Crippen molar-refractivity contribution < 1.29 is 4.39 Å². The zero-order valence-corrected chi connectivity index (χ0v) is 15.6. The predicted octanol–water partition coefficient (Wildman–Crippen LogP) is 4.09. The number of aromatic nitrogens is 5. The second-order valence-corrected chi connectivity index (χ2v) is 6.44. The summed E-state index contributed by atoms with van der Waals surface area (Å²) >= 11 is 0. The maximum absolute atomic E-state index is 14.6. The van der Waals surface area contributed by atoms with Crippen LogP contribution in [0, 0.1) is 19.7 Å². The quantitative estimate of drug-likeness (QED) is 0.570. The lowest BCUT2D eigenvalue weighted by atomic mass is 10.2. The van der Waals surface area contributed by atoms with Crippen LogP contribution in [0.4, 0.5) is 10.2 Å². The van der Waals surface area contributed by atoms with Crippen molar-refractivity contribution in [2.45, 2.75) is 20.4 Å². The van der Waals surface area contributed by atoms with E-state index in [2.05, 4.69) is 25.3 Å². The van der Waals surface area contributed by atoms with Gasteiger partial charge in [0.1, 0.15) is 17.5 Å². The van der Waals surface area contributed by atoms with Gasteiger partial charge in [0.25, 0.3) is 0 Å². The molecule has 0 saturated heterocycles. The summed E-state index contributed by atoms with van der Waals surface area (Å²) in [5.74, 6) is 1.73. The zero-order chi connectivity index (χ0) is 19.5. The standard InChI is InChI=1S/C21H19FN6/c1-14-10-20(27-21(26-14)17-4-3-7-23-13-17)25-12-16-5-6-19(18(22)11-16)28-9-8-24-15(28)2/h3-11,13H,12H2,1-2H3,(H,25,26,27). The Kier molecular flexibility index (Phi) is 4.80. The van der Waals surface area contributed by atoms with Crippen LogP contribution in [-0.2, 0) is 6.54 Å². The van der Waals surface area contributed by atoms with Gasteiger partial charge < -0.3 is 9.88 Å². The molecular formula is C21H19FN6. The van der Waals surface area contributed by atoms with Gasteiger partial charge in [0.2, 0.25) is 0 Å². The molecule has 6 nitrogen and oxygen atoms in total. The van der Waals surface area contributed by atoms with Crippen molar-refractivity contribution in [3.05, 3.63) is 84.1 Å². The minimum atomic E-state index is -0.296. The number of halogens is 1. The Morgan fingerprint density at radius 2 is 1.96 bits per heavy atom. The molecule has 0 aliphatic carbocycles. The number of hydrogen-bond donors (Lipinski definition) is 1. The van der Waals surface area contributed by atoms with Gasteiger partial charge in [-0.15, -0.1) is 0 Å². The van der Waals surface area contributed by atoms with E-state index in [1.807, 2.05) is 38.1 Å². The normalized spacial score (nSPS) is 10.8. The minimum absolute atomic E-state index is 0.296. The summed E-state index contributed by atoms with van der Waals surface area (Å²) in [6, 6.07) is 10.8. The molecule has 0 amide bonds. The van der Waals surface area contributed by atoms with Crippen molar-refractivity contribution in [1.82, 2.24) is 24.5 Å². The third-order valence-corrected chi connectivity index (χ3v) is 4.34. The van der Waals surface area contributed by atoms with Gasteiger partial charge in [-0.05, 0) is 43.7 Å². The van der Waals surface area contributed by atoms with Crippen molar-refractivity contribution in [2.75, 3.05) is 5.32 Å². The number of anilines is 1. The van der Waals surface area contributed by atoms with E-state index < -0.39 is 0 Å². The molecule has 0 aliphatic rings. The number of hydrogen-bond acceptors (Lipinski definition) is 5. The van der Waals surface area contributed by atoms with E-state index in [0.29, 0.717) is 23.9 Å². The summed E-state index contributed by atoms with van der Waals surface area (Å²) < 4.78 is 16.3. The molecule has 7 heteroatoms. The van der Waals surface area contributed by atoms with Crippen LogP contribution >= 0.6 is 0 Å². The summed E-state index contributed by atoms with van der Waals surface area (Å²) in [5, 5.41) is 3.25. The fourth-order valence-corrected chi connectivity index (χ4v) is 2.96. The highest BCUT2D eigenvalue weighted by atomic mass is 19.1. The first kappa shape index (κ1) is 17.8. The molecule has 1 N–H and O–H groups in total. The molecule has 0 bridgehead atoms. The molecule has 140 valence electrons. The van der Waals surface area contributed by atoms with E-state index in [1.54, 1.807) is 35.4 Å². The molecule has 0 atom stereocenters. The van der Waals surface area contributed by atoms with E-state index >= 15 is 0 Å². The molecule has 0 fully saturated rings. The molecule has 4 aromatic rings.